The van der Waals surface area contributed by atoms with Gasteiger partial charge in [-0.25, -0.2) is 4.39 Å². The molecule has 0 heterocycles. The summed E-state index contributed by atoms with van der Waals surface area (Å²) in [7, 11) is 0. The number of carbonyl (C=O) groups is 1. The molecule has 0 aliphatic heterocycles. The van der Waals surface area contributed by atoms with Gasteiger partial charge in [0.1, 0.15) is 23.4 Å². The van der Waals surface area contributed by atoms with Gasteiger partial charge in [-0.1, -0.05) is 11.6 Å². The zero-order chi connectivity index (χ0) is 16.8. The molecule has 6 heteroatoms. The van der Waals surface area contributed by atoms with Crippen molar-refractivity contribution in [1.82, 2.24) is 0 Å². The number of nitrogens with zero attached hydrogens (tertiary/aromatic N) is 1. The van der Waals surface area contributed by atoms with Crippen LogP contribution >= 0.6 is 11.6 Å². The number of nitriles is 1. The lowest BCUT2D eigenvalue weighted by molar-refractivity contribution is 0.0917. The van der Waals surface area contributed by atoms with Crippen LogP contribution in [-0.2, 0) is 0 Å². The van der Waals surface area contributed by atoms with Gasteiger partial charge in [0.2, 0.25) is 5.78 Å². The monoisotopic (exact) mass is 333 g/mol. The van der Waals surface area contributed by atoms with Crippen LogP contribution in [-0.4, -0.2) is 19.0 Å². The van der Waals surface area contributed by atoms with Crippen molar-refractivity contribution < 1.29 is 18.7 Å². The molecule has 0 saturated carbocycles. The van der Waals surface area contributed by atoms with Crippen molar-refractivity contribution in [2.45, 2.75) is 6.92 Å². The van der Waals surface area contributed by atoms with Gasteiger partial charge in [0, 0.05) is 5.02 Å². The Morgan fingerprint density at radius 2 is 1.96 bits per heavy atom. The number of rotatable bonds is 6. The molecule has 0 spiro atoms. The quantitative estimate of drug-likeness (QED) is 0.749. The third kappa shape index (κ3) is 4.21. The highest BCUT2D eigenvalue weighted by molar-refractivity contribution is 6.30. The normalized spacial score (nSPS) is 10.0. The summed E-state index contributed by atoms with van der Waals surface area (Å²) >= 11 is 5.80. The predicted molar refractivity (Wildman–Crippen MR) is 83.6 cm³/mol. The largest absolute Gasteiger partial charge is 0.493 e. The van der Waals surface area contributed by atoms with Crippen molar-refractivity contribution in [2.75, 3.05) is 13.2 Å². The Kier molecular flexibility index (Phi) is 5.56. The van der Waals surface area contributed by atoms with Crippen LogP contribution in [0.3, 0.4) is 0 Å². The second-order valence-corrected chi connectivity index (χ2v) is 4.97. The zero-order valence-corrected chi connectivity index (χ0v) is 13.1. The third-order valence-electron chi connectivity index (χ3n) is 2.96. The van der Waals surface area contributed by atoms with Gasteiger partial charge in [-0.05, 0) is 43.3 Å². The van der Waals surface area contributed by atoms with E-state index in [9.17, 15) is 9.18 Å². The Labute approximate surface area is 138 Å². The number of hydrogen-bond donors (Lipinski definition) is 0. The first-order valence-electron chi connectivity index (χ1n) is 6.83. The molecule has 0 N–H and O–H groups in total. The van der Waals surface area contributed by atoms with Crippen molar-refractivity contribution in [3.63, 3.8) is 0 Å². The molecule has 2 aromatic carbocycles. The summed E-state index contributed by atoms with van der Waals surface area (Å²) in [4.78, 5) is 12.3. The van der Waals surface area contributed by atoms with Gasteiger partial charge in [-0.3, -0.25) is 4.79 Å². The van der Waals surface area contributed by atoms with Gasteiger partial charge in [0.05, 0.1) is 17.7 Å². The van der Waals surface area contributed by atoms with Gasteiger partial charge in [-0.15, -0.1) is 0 Å². The molecule has 0 bridgehead atoms. The van der Waals surface area contributed by atoms with Gasteiger partial charge < -0.3 is 9.47 Å². The van der Waals surface area contributed by atoms with E-state index in [1.54, 1.807) is 13.0 Å². The summed E-state index contributed by atoms with van der Waals surface area (Å²) in [6.45, 7) is 1.77. The lowest BCUT2D eigenvalue weighted by Crippen LogP contribution is -2.14. The van der Waals surface area contributed by atoms with Gasteiger partial charge in [0.15, 0.2) is 6.61 Å². The SMILES string of the molecule is CCOc1ccc(F)cc1C(=O)COc1ccc(Cl)cc1C#N. The highest BCUT2D eigenvalue weighted by Crippen LogP contribution is 2.24. The molecule has 23 heavy (non-hydrogen) atoms. The van der Waals surface area contributed by atoms with Crippen molar-refractivity contribution in [2.24, 2.45) is 0 Å². The number of Topliss-reactive ketones (excluding diaryl/α,β-unsaturated/α-hetero) is 1. The van der Waals surface area contributed by atoms with Gasteiger partial charge >= 0.3 is 0 Å². The number of carbonyl (C=O) groups excluding carboxylic acids is 1. The summed E-state index contributed by atoms with van der Waals surface area (Å²) in [6, 6.07) is 10.1. The molecule has 4 nitrogen and oxygen atoms in total. The van der Waals surface area contributed by atoms with Crippen LogP contribution in [0.25, 0.3) is 0 Å². The van der Waals surface area contributed by atoms with Gasteiger partial charge in [0.25, 0.3) is 0 Å². The van der Waals surface area contributed by atoms with Crippen molar-refractivity contribution in [3.8, 4) is 17.6 Å². The van der Waals surface area contributed by atoms with Crippen LogP contribution in [0.15, 0.2) is 36.4 Å². The number of benzene rings is 2. The van der Waals surface area contributed by atoms with Crippen LogP contribution in [0.5, 0.6) is 11.5 Å². The molecule has 0 aliphatic carbocycles. The van der Waals surface area contributed by atoms with E-state index >= 15 is 0 Å². The average molecular weight is 334 g/mol. The minimum Gasteiger partial charge on any atom is -0.493 e. The molecule has 0 fully saturated rings. The second kappa shape index (κ2) is 7.61. The van der Waals surface area contributed by atoms with E-state index in [0.717, 1.165) is 6.07 Å². The fourth-order valence-electron chi connectivity index (χ4n) is 1.94. The zero-order valence-electron chi connectivity index (χ0n) is 12.3. The van der Waals surface area contributed by atoms with E-state index < -0.39 is 11.6 Å². The topological polar surface area (TPSA) is 59.3 Å². The summed E-state index contributed by atoms with van der Waals surface area (Å²) in [5.74, 6) is -0.466. The van der Waals surface area contributed by atoms with E-state index in [1.807, 2.05) is 6.07 Å². The van der Waals surface area contributed by atoms with E-state index in [1.165, 1.54) is 24.3 Å². The highest BCUT2D eigenvalue weighted by atomic mass is 35.5. The number of halogens is 2. The molecule has 0 aromatic heterocycles. The Balaban J connectivity index is 2.17. The number of hydrogen-bond acceptors (Lipinski definition) is 4. The maximum atomic E-state index is 13.4. The molecule has 2 aromatic rings. The molecule has 0 radical (unpaired) electrons. The molecule has 0 unspecified atom stereocenters. The summed E-state index contributed by atoms with van der Waals surface area (Å²) in [6.07, 6.45) is 0. The molecule has 0 saturated heterocycles. The molecular weight excluding hydrogens is 321 g/mol. The number of ketones is 1. The third-order valence-corrected chi connectivity index (χ3v) is 3.20. The second-order valence-electron chi connectivity index (χ2n) is 4.54. The van der Waals surface area contributed by atoms with E-state index in [2.05, 4.69) is 0 Å². The smallest absolute Gasteiger partial charge is 0.204 e. The van der Waals surface area contributed by atoms with Crippen LogP contribution in [0.1, 0.15) is 22.8 Å². The minimum atomic E-state index is -0.541. The van der Waals surface area contributed by atoms with Crippen LogP contribution in [0.2, 0.25) is 5.02 Å². The van der Waals surface area contributed by atoms with E-state index in [4.69, 9.17) is 26.3 Å². The molecule has 2 rings (SSSR count). The van der Waals surface area contributed by atoms with Crippen molar-refractivity contribution in [1.29, 1.82) is 5.26 Å². The molecule has 118 valence electrons. The lowest BCUT2D eigenvalue weighted by atomic mass is 10.1. The maximum Gasteiger partial charge on any atom is 0.204 e. The average Bonchev–Trinajstić information content (AvgIpc) is 2.55. The summed E-state index contributed by atoms with van der Waals surface area (Å²) in [5.41, 5.74) is 0.314. The Bertz CT molecular complexity index is 771. The van der Waals surface area contributed by atoms with E-state index in [-0.39, 0.29) is 23.5 Å². The molecule has 0 amide bonds. The number of ether oxygens (including phenoxy) is 2. The van der Waals surface area contributed by atoms with Crippen molar-refractivity contribution in [3.05, 3.63) is 58.4 Å². The van der Waals surface area contributed by atoms with E-state index in [0.29, 0.717) is 17.4 Å². The van der Waals surface area contributed by atoms with Gasteiger partial charge in [-0.2, -0.15) is 5.26 Å². The fraction of sp³-hybridized carbons (Fsp3) is 0.176. The first-order valence-corrected chi connectivity index (χ1v) is 7.21. The molecule has 0 aliphatic rings. The molecule has 0 atom stereocenters. The Hall–Kier alpha value is -2.58. The van der Waals surface area contributed by atoms with Crippen LogP contribution in [0.4, 0.5) is 4.39 Å². The van der Waals surface area contributed by atoms with Crippen LogP contribution < -0.4 is 9.47 Å². The predicted octanol–water partition coefficient (Wildman–Crippen LogP) is 4.01. The van der Waals surface area contributed by atoms with Crippen molar-refractivity contribution >= 4 is 17.4 Å². The first-order chi connectivity index (χ1) is 11.0. The summed E-state index contributed by atoms with van der Waals surface area (Å²) < 4.78 is 24.0. The fourth-order valence-corrected chi connectivity index (χ4v) is 2.11. The first kappa shape index (κ1) is 16.8. The summed E-state index contributed by atoms with van der Waals surface area (Å²) in [5, 5.41) is 9.43. The minimum absolute atomic E-state index is 0.0966. The lowest BCUT2D eigenvalue weighted by Gasteiger charge is -2.11. The highest BCUT2D eigenvalue weighted by Gasteiger charge is 2.15. The maximum absolute atomic E-state index is 13.4. The molecular formula is C17H13ClFNO3. The Morgan fingerprint density at radius 1 is 1.22 bits per heavy atom. The van der Waals surface area contributed by atoms with Crippen LogP contribution in [0, 0.1) is 17.1 Å². The Morgan fingerprint density at radius 3 is 2.65 bits per heavy atom. The standard InChI is InChI=1S/C17H13ClFNO3/c1-2-22-17-6-4-13(19)8-14(17)15(21)10-23-16-5-3-12(18)7-11(16)9-20/h3-8H,2,10H2,1H3.